The molecule has 2 saturated heterocycles. The number of amides is 1. The minimum Gasteiger partial charge on any atom is -0.465 e. The van der Waals surface area contributed by atoms with E-state index in [1.807, 2.05) is 0 Å². The molecular formula is C22H32N4O2. The molecule has 0 spiro atoms. The molecule has 2 aliphatic rings. The van der Waals surface area contributed by atoms with E-state index in [1.165, 1.54) is 0 Å². The van der Waals surface area contributed by atoms with Crippen LogP contribution in [-0.4, -0.2) is 56.5 Å². The molecule has 0 aliphatic carbocycles. The van der Waals surface area contributed by atoms with E-state index in [9.17, 15) is 9.90 Å². The van der Waals surface area contributed by atoms with Crippen molar-refractivity contribution in [3.05, 3.63) is 30.0 Å². The highest BCUT2D eigenvalue weighted by Crippen LogP contribution is 2.36. The average molecular weight is 385 g/mol. The largest absolute Gasteiger partial charge is 0.465 e. The minimum atomic E-state index is -0.823. The molecule has 4 rings (SSSR count). The van der Waals surface area contributed by atoms with Crippen molar-refractivity contribution in [2.45, 2.75) is 64.1 Å². The number of hydrogen-bond acceptors (Lipinski definition) is 3. The highest BCUT2D eigenvalue weighted by molar-refractivity contribution is 5.79. The first kappa shape index (κ1) is 19.2. The van der Waals surface area contributed by atoms with Crippen molar-refractivity contribution in [3.8, 4) is 0 Å². The molecule has 0 saturated carbocycles. The van der Waals surface area contributed by atoms with Crippen LogP contribution in [0.2, 0.25) is 0 Å². The second-order valence-electron chi connectivity index (χ2n) is 9.44. The molecule has 1 N–H and O–H groups in total. The predicted octanol–water partition coefficient (Wildman–Crippen LogP) is 4.53. The van der Waals surface area contributed by atoms with Gasteiger partial charge >= 0.3 is 6.09 Å². The minimum absolute atomic E-state index is 0.0643. The Hall–Kier alpha value is -2.08. The second kappa shape index (κ2) is 7.07. The summed E-state index contributed by atoms with van der Waals surface area (Å²) in [5.41, 5.74) is 2.21. The number of benzene rings is 1. The van der Waals surface area contributed by atoms with Gasteiger partial charge in [-0.15, -0.1) is 0 Å². The van der Waals surface area contributed by atoms with Crippen LogP contribution in [0.25, 0.3) is 10.9 Å². The van der Waals surface area contributed by atoms with Crippen LogP contribution in [-0.2, 0) is 0 Å². The third-order valence-electron chi connectivity index (χ3n) is 6.94. The fourth-order valence-electron chi connectivity index (χ4n) is 4.86. The van der Waals surface area contributed by atoms with Crippen molar-refractivity contribution < 1.29 is 9.90 Å². The number of fused-ring (bicyclic) bond motifs is 1. The van der Waals surface area contributed by atoms with E-state index in [4.69, 9.17) is 5.10 Å². The maximum absolute atomic E-state index is 11.7. The summed E-state index contributed by atoms with van der Waals surface area (Å²) in [6, 6.07) is 6.64. The normalized spacial score (nSPS) is 28.6. The Balaban J connectivity index is 1.61. The van der Waals surface area contributed by atoms with Crippen LogP contribution in [0.1, 0.15) is 64.1 Å². The smallest absolute Gasteiger partial charge is 0.407 e. The summed E-state index contributed by atoms with van der Waals surface area (Å²) < 4.78 is 2.14. The van der Waals surface area contributed by atoms with Gasteiger partial charge in [-0.2, -0.15) is 5.10 Å². The molecule has 6 heteroatoms. The van der Waals surface area contributed by atoms with Crippen molar-refractivity contribution in [1.82, 2.24) is 19.6 Å². The fraction of sp³-hybridized carbons (Fsp3) is 0.636. The Morgan fingerprint density at radius 3 is 2.75 bits per heavy atom. The zero-order valence-corrected chi connectivity index (χ0v) is 17.4. The number of nitrogens with zero attached hydrogens (tertiary/aromatic N) is 4. The predicted molar refractivity (Wildman–Crippen MR) is 111 cm³/mol. The van der Waals surface area contributed by atoms with Crippen molar-refractivity contribution in [2.24, 2.45) is 5.92 Å². The van der Waals surface area contributed by atoms with Crippen molar-refractivity contribution in [3.63, 3.8) is 0 Å². The van der Waals surface area contributed by atoms with E-state index in [-0.39, 0.29) is 11.6 Å². The van der Waals surface area contributed by atoms with E-state index in [0.717, 1.165) is 48.7 Å². The molecular weight excluding hydrogens is 352 g/mol. The number of carbonyl (C=O) groups is 1. The quantitative estimate of drug-likeness (QED) is 0.826. The summed E-state index contributed by atoms with van der Waals surface area (Å²) >= 11 is 0. The first-order chi connectivity index (χ1) is 13.2. The van der Waals surface area contributed by atoms with E-state index < -0.39 is 6.09 Å². The average Bonchev–Trinajstić information content (AvgIpc) is 3.07. The van der Waals surface area contributed by atoms with Crippen LogP contribution in [0.3, 0.4) is 0 Å². The topological polar surface area (TPSA) is 61.6 Å². The number of likely N-dealkylation sites (tertiary alicyclic amines) is 2. The standard InChI is InChI=1S/C22H32N4O2/c1-15-5-8-20(25(13-15)21(27)28)16-6-7-17-14-26(23-19(17)11-16)18-9-10-24(4)22(2,3)12-18/h6-7,11,14-15,18,20H,5,8-10,12-13H2,1-4H3,(H,27,28)/t15-,18-,20+/m0/s1. The summed E-state index contributed by atoms with van der Waals surface area (Å²) in [5.74, 6) is 0.420. The molecule has 28 heavy (non-hydrogen) atoms. The number of rotatable bonds is 2. The lowest BCUT2D eigenvalue weighted by atomic mass is 9.87. The van der Waals surface area contributed by atoms with Crippen LogP contribution >= 0.6 is 0 Å². The van der Waals surface area contributed by atoms with Gasteiger partial charge in [-0.3, -0.25) is 4.68 Å². The van der Waals surface area contributed by atoms with Crippen molar-refractivity contribution in [2.75, 3.05) is 20.1 Å². The molecule has 1 aromatic carbocycles. The number of aromatic nitrogens is 2. The monoisotopic (exact) mass is 384 g/mol. The molecule has 0 bridgehead atoms. The fourth-order valence-corrected chi connectivity index (χ4v) is 4.86. The third-order valence-corrected chi connectivity index (χ3v) is 6.94. The Morgan fingerprint density at radius 1 is 1.25 bits per heavy atom. The number of carboxylic acid groups (broad SMARTS) is 1. The van der Waals surface area contributed by atoms with Crippen LogP contribution in [0.4, 0.5) is 4.79 Å². The summed E-state index contributed by atoms with van der Waals surface area (Å²) in [7, 11) is 2.20. The van der Waals surface area contributed by atoms with Gasteiger partial charge in [0.25, 0.3) is 0 Å². The van der Waals surface area contributed by atoms with Gasteiger partial charge in [0.1, 0.15) is 0 Å². The molecule has 152 valence electrons. The molecule has 0 unspecified atom stereocenters. The summed E-state index contributed by atoms with van der Waals surface area (Å²) in [6.45, 7) is 8.40. The van der Waals surface area contributed by atoms with Gasteiger partial charge in [0.15, 0.2) is 0 Å². The Morgan fingerprint density at radius 2 is 2.04 bits per heavy atom. The molecule has 2 aromatic rings. The molecule has 1 amide bonds. The maximum Gasteiger partial charge on any atom is 0.407 e. The SMILES string of the molecule is C[C@H]1CC[C@H](c2ccc3cn([C@H]4CCN(C)C(C)(C)C4)nc3c2)N(C(=O)O)C1. The van der Waals surface area contributed by atoms with Gasteiger partial charge < -0.3 is 14.9 Å². The van der Waals surface area contributed by atoms with Gasteiger partial charge in [0.05, 0.1) is 17.6 Å². The van der Waals surface area contributed by atoms with Crippen LogP contribution in [0.5, 0.6) is 0 Å². The highest BCUT2D eigenvalue weighted by atomic mass is 16.4. The maximum atomic E-state index is 11.7. The molecule has 3 atom stereocenters. The first-order valence-corrected chi connectivity index (χ1v) is 10.4. The Bertz CT molecular complexity index is 875. The zero-order chi connectivity index (χ0) is 20.1. The van der Waals surface area contributed by atoms with Crippen LogP contribution < -0.4 is 0 Å². The van der Waals surface area contributed by atoms with Crippen LogP contribution in [0, 0.1) is 5.92 Å². The lowest BCUT2D eigenvalue weighted by Crippen LogP contribution is -2.47. The van der Waals surface area contributed by atoms with Gasteiger partial charge in [-0.1, -0.05) is 19.1 Å². The summed E-state index contributed by atoms with van der Waals surface area (Å²) in [6.07, 6.45) is 5.46. The lowest BCUT2D eigenvalue weighted by molar-refractivity contribution is 0.0721. The molecule has 1 aromatic heterocycles. The lowest BCUT2D eigenvalue weighted by Gasteiger charge is -2.43. The number of hydrogen-bond donors (Lipinski definition) is 1. The van der Waals surface area contributed by atoms with Gasteiger partial charge in [-0.05, 0) is 64.1 Å². The van der Waals surface area contributed by atoms with Gasteiger partial charge in [-0.25, -0.2) is 4.79 Å². The van der Waals surface area contributed by atoms with E-state index in [0.29, 0.717) is 18.5 Å². The highest BCUT2D eigenvalue weighted by Gasteiger charge is 2.34. The summed E-state index contributed by atoms with van der Waals surface area (Å²) in [5, 5.41) is 15.7. The molecule has 6 nitrogen and oxygen atoms in total. The third kappa shape index (κ3) is 3.50. The van der Waals surface area contributed by atoms with Crippen LogP contribution in [0.15, 0.2) is 24.4 Å². The Labute approximate surface area is 167 Å². The van der Waals surface area contributed by atoms with E-state index in [2.05, 4.69) is 61.8 Å². The Kier molecular flexibility index (Phi) is 4.86. The van der Waals surface area contributed by atoms with E-state index in [1.54, 1.807) is 4.90 Å². The van der Waals surface area contributed by atoms with Gasteiger partial charge in [0, 0.05) is 30.2 Å². The van der Waals surface area contributed by atoms with Crippen molar-refractivity contribution >= 4 is 17.0 Å². The van der Waals surface area contributed by atoms with E-state index >= 15 is 0 Å². The van der Waals surface area contributed by atoms with Crippen molar-refractivity contribution in [1.29, 1.82) is 0 Å². The molecule has 0 radical (unpaired) electrons. The summed E-state index contributed by atoms with van der Waals surface area (Å²) in [4.78, 5) is 15.8. The number of piperidine rings is 2. The molecule has 3 heterocycles. The second-order valence-corrected chi connectivity index (χ2v) is 9.44. The molecule has 2 aliphatic heterocycles. The first-order valence-electron chi connectivity index (χ1n) is 10.4. The zero-order valence-electron chi connectivity index (χ0n) is 17.4. The molecule has 2 fully saturated rings. The van der Waals surface area contributed by atoms with Gasteiger partial charge in [0.2, 0.25) is 0 Å².